The number of carbonyl (C=O) groups is 1. The lowest BCUT2D eigenvalue weighted by molar-refractivity contribution is -0.274. The lowest BCUT2D eigenvalue weighted by Gasteiger charge is -2.32. The number of carbonyl (C=O) groups excluding carboxylic acids is 1. The molecule has 0 spiro atoms. The Balaban J connectivity index is 2.68. The Hall–Kier alpha value is -1.90. The van der Waals surface area contributed by atoms with Crippen LogP contribution in [-0.4, -0.2) is 44.6 Å². The zero-order valence-corrected chi connectivity index (χ0v) is 15.7. The van der Waals surface area contributed by atoms with Crippen LogP contribution in [0.25, 0.3) is 0 Å². The van der Waals surface area contributed by atoms with Gasteiger partial charge in [0.05, 0.1) is 12.3 Å². The van der Waals surface area contributed by atoms with Gasteiger partial charge in [0.15, 0.2) is 23.3 Å². The van der Waals surface area contributed by atoms with Crippen LogP contribution in [0, 0.1) is 17.6 Å². The Morgan fingerprint density at radius 1 is 1.30 bits per heavy atom. The van der Waals surface area contributed by atoms with Crippen molar-refractivity contribution in [3.8, 4) is 0 Å². The van der Waals surface area contributed by atoms with Crippen molar-refractivity contribution in [1.29, 1.82) is 0 Å². The van der Waals surface area contributed by atoms with Gasteiger partial charge >= 0.3 is 12.1 Å². The third-order valence-corrected chi connectivity index (χ3v) is 5.09. The maximum atomic E-state index is 14.4. The second-order valence-corrected chi connectivity index (χ2v) is 6.90. The van der Waals surface area contributed by atoms with Crippen LogP contribution in [0.5, 0.6) is 0 Å². The first-order valence-electron chi connectivity index (χ1n) is 8.43. The van der Waals surface area contributed by atoms with Gasteiger partial charge in [-0.25, -0.2) is 13.6 Å². The maximum Gasteiger partial charge on any atom is 0.417 e. The highest BCUT2D eigenvalue weighted by molar-refractivity contribution is 5.78. The third kappa shape index (κ3) is 3.49. The van der Waals surface area contributed by atoms with Gasteiger partial charge in [-0.15, -0.1) is 0 Å². The first-order chi connectivity index (χ1) is 12.4. The van der Waals surface area contributed by atoms with E-state index in [9.17, 15) is 26.7 Å². The van der Waals surface area contributed by atoms with Gasteiger partial charge < -0.3 is 14.4 Å². The summed E-state index contributed by atoms with van der Waals surface area (Å²) < 4.78 is 79.2. The molecule has 0 radical (unpaired) electrons. The Morgan fingerprint density at radius 3 is 2.37 bits per heavy atom. The number of benzene rings is 1. The van der Waals surface area contributed by atoms with E-state index in [4.69, 9.17) is 9.47 Å². The van der Waals surface area contributed by atoms with Crippen LogP contribution >= 0.6 is 0 Å². The van der Waals surface area contributed by atoms with E-state index >= 15 is 0 Å². The zero-order valence-electron chi connectivity index (χ0n) is 15.7. The van der Waals surface area contributed by atoms with Crippen LogP contribution in [0.3, 0.4) is 0 Å². The van der Waals surface area contributed by atoms with Crippen molar-refractivity contribution in [2.24, 2.45) is 5.92 Å². The molecule has 4 nitrogen and oxygen atoms in total. The summed E-state index contributed by atoms with van der Waals surface area (Å²) in [4.78, 5) is 13.6. The van der Waals surface area contributed by atoms with E-state index in [0.29, 0.717) is 0 Å². The molecular formula is C18H22F5NO3. The Morgan fingerprint density at radius 2 is 1.89 bits per heavy atom. The smallest absolute Gasteiger partial charge is 0.417 e. The molecule has 1 saturated heterocycles. The van der Waals surface area contributed by atoms with Crippen LogP contribution in [0.2, 0.25) is 0 Å². The van der Waals surface area contributed by atoms with Crippen LogP contribution in [0.15, 0.2) is 12.1 Å². The molecule has 0 aliphatic carbocycles. The minimum absolute atomic E-state index is 0.0532. The number of esters is 1. The topological polar surface area (TPSA) is 38.8 Å². The highest BCUT2D eigenvalue weighted by Crippen LogP contribution is 2.54. The van der Waals surface area contributed by atoms with E-state index in [1.807, 2.05) is 0 Å². The molecule has 1 aromatic rings. The van der Waals surface area contributed by atoms with Gasteiger partial charge in [-0.1, -0.05) is 13.0 Å². The lowest BCUT2D eigenvalue weighted by atomic mass is 9.76. The second kappa shape index (κ2) is 7.26. The van der Waals surface area contributed by atoms with E-state index in [1.165, 1.54) is 38.9 Å². The number of rotatable bonds is 4. The van der Waals surface area contributed by atoms with E-state index in [0.717, 1.165) is 13.0 Å². The van der Waals surface area contributed by atoms with Crippen molar-refractivity contribution >= 4 is 11.7 Å². The SMILES string of the molecule is CCOC(=O)[C@@H]1O[C@@](C)(C(F)(F)F)[C@@H](C)[C@H]1c1ccc(F)c(F)c1N(C)C. The number of ether oxygens (including phenoxy) is 2. The summed E-state index contributed by atoms with van der Waals surface area (Å²) in [5.41, 5.74) is -2.82. The summed E-state index contributed by atoms with van der Waals surface area (Å²) >= 11 is 0. The van der Waals surface area contributed by atoms with E-state index in [-0.39, 0.29) is 17.9 Å². The van der Waals surface area contributed by atoms with Gasteiger partial charge in [0.2, 0.25) is 0 Å². The van der Waals surface area contributed by atoms with Gasteiger partial charge in [-0.2, -0.15) is 13.2 Å². The Labute approximate surface area is 154 Å². The fourth-order valence-corrected chi connectivity index (χ4v) is 3.50. The molecule has 27 heavy (non-hydrogen) atoms. The zero-order chi connectivity index (χ0) is 20.7. The molecule has 0 N–H and O–H groups in total. The molecule has 0 saturated carbocycles. The predicted molar refractivity (Wildman–Crippen MR) is 88.6 cm³/mol. The number of hydrogen-bond acceptors (Lipinski definition) is 4. The quantitative estimate of drug-likeness (QED) is 0.570. The number of hydrogen-bond donors (Lipinski definition) is 0. The molecule has 152 valence electrons. The molecule has 4 atom stereocenters. The molecule has 0 amide bonds. The third-order valence-electron chi connectivity index (χ3n) is 5.09. The standard InChI is InChI=1S/C18H22F5NO3/c1-6-26-16(25)15-12(9(2)17(3,27-15)18(21,22)23)10-7-8-11(19)13(20)14(10)24(4)5/h7-9,12,15H,6H2,1-5H3/t9-,12-,15+,17+/m0/s1. The van der Waals surface area contributed by atoms with Crippen molar-refractivity contribution in [3.05, 3.63) is 29.3 Å². The molecule has 1 fully saturated rings. The van der Waals surface area contributed by atoms with Crippen LogP contribution in [-0.2, 0) is 14.3 Å². The van der Waals surface area contributed by atoms with E-state index < -0.39 is 47.3 Å². The van der Waals surface area contributed by atoms with Crippen molar-refractivity contribution < 1.29 is 36.2 Å². The van der Waals surface area contributed by atoms with Gasteiger partial charge in [-0.05, 0) is 25.5 Å². The maximum absolute atomic E-state index is 14.4. The first kappa shape index (κ1) is 21.4. The molecule has 1 aromatic carbocycles. The Bertz CT molecular complexity index is 722. The molecular weight excluding hydrogens is 373 g/mol. The summed E-state index contributed by atoms with van der Waals surface area (Å²) in [6.45, 7) is 3.58. The lowest BCUT2D eigenvalue weighted by Crippen LogP contribution is -2.47. The van der Waals surface area contributed by atoms with Crippen LogP contribution < -0.4 is 4.90 Å². The highest BCUT2D eigenvalue weighted by atomic mass is 19.4. The average molecular weight is 395 g/mol. The normalized spacial score (nSPS) is 28.3. The van der Waals surface area contributed by atoms with E-state index in [1.54, 1.807) is 0 Å². The summed E-state index contributed by atoms with van der Waals surface area (Å²) in [5.74, 6) is -5.75. The number of alkyl halides is 3. The van der Waals surface area contributed by atoms with Crippen molar-refractivity contribution in [2.75, 3.05) is 25.6 Å². The molecule has 1 heterocycles. The minimum Gasteiger partial charge on any atom is -0.464 e. The highest BCUT2D eigenvalue weighted by Gasteiger charge is 2.66. The first-order valence-corrected chi connectivity index (χ1v) is 8.43. The fraction of sp³-hybridized carbons (Fsp3) is 0.611. The molecule has 0 aromatic heterocycles. The van der Waals surface area contributed by atoms with Gasteiger partial charge in [0.25, 0.3) is 0 Å². The average Bonchev–Trinajstić information content (AvgIpc) is 2.83. The van der Waals surface area contributed by atoms with Gasteiger partial charge in [0.1, 0.15) is 0 Å². The van der Waals surface area contributed by atoms with Gasteiger partial charge in [0, 0.05) is 25.9 Å². The van der Waals surface area contributed by atoms with Crippen molar-refractivity contribution in [2.45, 2.75) is 44.6 Å². The van der Waals surface area contributed by atoms with Gasteiger partial charge in [-0.3, -0.25) is 0 Å². The second-order valence-electron chi connectivity index (χ2n) is 6.90. The number of halogens is 5. The fourth-order valence-electron chi connectivity index (χ4n) is 3.50. The molecule has 1 aliphatic heterocycles. The van der Waals surface area contributed by atoms with Crippen LogP contribution in [0.4, 0.5) is 27.6 Å². The number of anilines is 1. The predicted octanol–water partition coefficient (Wildman–Crippen LogP) is 4.03. The molecule has 1 aliphatic rings. The molecule has 2 rings (SSSR count). The van der Waals surface area contributed by atoms with Crippen molar-refractivity contribution in [3.63, 3.8) is 0 Å². The number of nitrogens with zero attached hydrogens (tertiary/aromatic N) is 1. The Kier molecular flexibility index (Phi) is 5.75. The molecule has 0 unspecified atom stereocenters. The minimum atomic E-state index is -4.78. The van der Waals surface area contributed by atoms with Crippen LogP contribution in [0.1, 0.15) is 32.3 Å². The molecule has 0 bridgehead atoms. The van der Waals surface area contributed by atoms with E-state index in [2.05, 4.69) is 0 Å². The monoisotopic (exact) mass is 395 g/mol. The van der Waals surface area contributed by atoms with Crippen molar-refractivity contribution in [1.82, 2.24) is 0 Å². The molecule has 9 heteroatoms. The summed E-state index contributed by atoms with van der Waals surface area (Å²) in [7, 11) is 2.87. The largest absolute Gasteiger partial charge is 0.464 e. The summed E-state index contributed by atoms with van der Waals surface area (Å²) in [6.07, 6.45) is -6.38. The summed E-state index contributed by atoms with van der Waals surface area (Å²) in [5, 5.41) is 0. The summed E-state index contributed by atoms with van der Waals surface area (Å²) in [6, 6.07) is 2.02.